The van der Waals surface area contributed by atoms with Gasteiger partial charge in [0.05, 0.1) is 0 Å². The summed E-state index contributed by atoms with van der Waals surface area (Å²) in [6.45, 7) is 7.58. The monoisotopic (exact) mass is 274 g/mol. The summed E-state index contributed by atoms with van der Waals surface area (Å²) >= 11 is 0. The number of aryl methyl sites for hydroxylation is 2. The summed E-state index contributed by atoms with van der Waals surface area (Å²) in [6.07, 6.45) is 0. The van der Waals surface area contributed by atoms with E-state index in [4.69, 9.17) is 4.74 Å². The van der Waals surface area contributed by atoms with Crippen LogP contribution in [0.3, 0.4) is 0 Å². The smallest absolute Gasteiger partial charge is 0.240 e. The first-order valence-corrected chi connectivity index (χ1v) is 6.72. The fourth-order valence-electron chi connectivity index (χ4n) is 2.14. The Hall–Kier alpha value is -2.15. The Kier molecular flexibility index (Phi) is 3.51. The van der Waals surface area contributed by atoms with Gasteiger partial charge in [0.15, 0.2) is 0 Å². The van der Waals surface area contributed by atoms with Crippen LogP contribution in [0.4, 0.5) is 5.95 Å². The van der Waals surface area contributed by atoms with Crippen LogP contribution in [-0.4, -0.2) is 46.3 Å². The molecule has 0 saturated carbocycles. The molecule has 1 aliphatic rings. The number of aromatic nitrogens is 4. The molecule has 0 radical (unpaired) electrons. The Balaban J connectivity index is 1.82. The molecule has 2 aromatic heterocycles. The quantitative estimate of drug-likeness (QED) is 0.870. The van der Waals surface area contributed by atoms with Crippen molar-refractivity contribution >= 4 is 5.95 Å². The van der Waals surface area contributed by atoms with Crippen LogP contribution in [0.15, 0.2) is 12.1 Å². The van der Waals surface area contributed by atoms with E-state index >= 15 is 0 Å². The summed E-state index contributed by atoms with van der Waals surface area (Å²) < 4.78 is 5.68. The maximum absolute atomic E-state index is 5.68. The number of nitrogens with one attached hydrogen (secondary N) is 2. The Bertz CT molecular complexity index is 590. The van der Waals surface area contributed by atoms with Crippen LogP contribution in [0, 0.1) is 13.8 Å². The minimum Gasteiger partial charge on any atom is -0.419 e. The van der Waals surface area contributed by atoms with E-state index in [1.807, 2.05) is 26.0 Å². The van der Waals surface area contributed by atoms with Gasteiger partial charge in [0.1, 0.15) is 0 Å². The minimum absolute atomic E-state index is 0.520. The molecule has 0 amide bonds. The minimum atomic E-state index is 0.520. The van der Waals surface area contributed by atoms with E-state index in [1.54, 1.807) is 0 Å². The molecule has 2 aromatic rings. The third kappa shape index (κ3) is 2.88. The van der Waals surface area contributed by atoms with Gasteiger partial charge in [-0.3, -0.25) is 5.10 Å². The Morgan fingerprint density at radius 2 is 1.90 bits per heavy atom. The number of H-pyrrole nitrogens is 1. The fourth-order valence-corrected chi connectivity index (χ4v) is 2.14. The molecule has 2 N–H and O–H groups in total. The first-order valence-electron chi connectivity index (χ1n) is 6.72. The zero-order valence-corrected chi connectivity index (χ0v) is 11.7. The van der Waals surface area contributed by atoms with E-state index in [0.29, 0.717) is 17.7 Å². The third-order valence-corrected chi connectivity index (χ3v) is 3.11. The number of nitrogens with zero attached hydrogens (tertiary/aromatic N) is 4. The van der Waals surface area contributed by atoms with E-state index in [-0.39, 0.29) is 0 Å². The molecule has 106 valence electrons. The lowest BCUT2D eigenvalue weighted by Crippen LogP contribution is -2.44. The highest BCUT2D eigenvalue weighted by atomic mass is 16.5. The van der Waals surface area contributed by atoms with Gasteiger partial charge in [0.25, 0.3) is 0 Å². The summed E-state index contributed by atoms with van der Waals surface area (Å²) in [5.74, 6) is 1.76. The first kappa shape index (κ1) is 12.9. The highest BCUT2D eigenvalue weighted by Crippen LogP contribution is 2.21. The van der Waals surface area contributed by atoms with E-state index in [2.05, 4.69) is 30.4 Å². The first-order chi connectivity index (χ1) is 9.70. The number of anilines is 1. The van der Waals surface area contributed by atoms with Crippen LogP contribution in [0.2, 0.25) is 0 Å². The SMILES string of the molecule is Cc1cc(Oc2cc(C)[nH]n2)nc(N2CCNCC2)n1. The maximum atomic E-state index is 5.68. The molecule has 20 heavy (non-hydrogen) atoms. The normalized spacial score (nSPS) is 15.4. The molecule has 7 heteroatoms. The molecular weight excluding hydrogens is 256 g/mol. The molecule has 0 atom stereocenters. The summed E-state index contributed by atoms with van der Waals surface area (Å²) in [5, 5.41) is 10.2. The largest absolute Gasteiger partial charge is 0.419 e. The van der Waals surface area contributed by atoms with Crippen LogP contribution in [0.1, 0.15) is 11.4 Å². The van der Waals surface area contributed by atoms with Crippen molar-refractivity contribution in [1.82, 2.24) is 25.5 Å². The zero-order chi connectivity index (χ0) is 13.9. The highest BCUT2D eigenvalue weighted by Gasteiger charge is 2.15. The average Bonchev–Trinajstić information content (AvgIpc) is 2.84. The van der Waals surface area contributed by atoms with Crippen molar-refractivity contribution in [2.45, 2.75) is 13.8 Å². The standard InChI is InChI=1S/C13H18N6O/c1-9-7-11(20-12-8-10(2)17-18-12)16-13(15-9)19-5-3-14-4-6-19/h7-8,14H,3-6H2,1-2H3,(H,17,18). The van der Waals surface area contributed by atoms with Crippen LogP contribution in [0.5, 0.6) is 11.8 Å². The molecule has 1 fully saturated rings. The van der Waals surface area contributed by atoms with Gasteiger partial charge in [-0.05, 0) is 13.8 Å². The Labute approximate surface area is 117 Å². The number of ether oxygens (including phenoxy) is 1. The van der Waals surface area contributed by atoms with Crippen molar-refractivity contribution in [2.24, 2.45) is 0 Å². The summed E-state index contributed by atoms with van der Waals surface area (Å²) in [5.41, 5.74) is 1.84. The van der Waals surface area contributed by atoms with Crippen LogP contribution in [0.25, 0.3) is 0 Å². The molecule has 0 bridgehead atoms. The second kappa shape index (κ2) is 5.46. The highest BCUT2D eigenvalue weighted by molar-refractivity contribution is 5.36. The number of rotatable bonds is 3. The molecule has 7 nitrogen and oxygen atoms in total. The lowest BCUT2D eigenvalue weighted by atomic mass is 10.4. The van der Waals surface area contributed by atoms with Gasteiger partial charge in [-0.1, -0.05) is 0 Å². The summed E-state index contributed by atoms with van der Waals surface area (Å²) in [7, 11) is 0. The van der Waals surface area contributed by atoms with Crippen molar-refractivity contribution < 1.29 is 4.74 Å². The molecule has 0 aliphatic carbocycles. The Morgan fingerprint density at radius 3 is 2.60 bits per heavy atom. The number of hydrogen-bond donors (Lipinski definition) is 2. The van der Waals surface area contributed by atoms with Crippen LogP contribution < -0.4 is 15.0 Å². The number of piperazine rings is 1. The predicted molar refractivity (Wildman–Crippen MR) is 75.3 cm³/mol. The van der Waals surface area contributed by atoms with Crippen molar-refractivity contribution in [1.29, 1.82) is 0 Å². The zero-order valence-electron chi connectivity index (χ0n) is 11.7. The van der Waals surface area contributed by atoms with Crippen LogP contribution in [-0.2, 0) is 0 Å². The summed E-state index contributed by atoms with van der Waals surface area (Å²) in [4.78, 5) is 11.1. The van der Waals surface area contributed by atoms with E-state index in [0.717, 1.165) is 37.6 Å². The van der Waals surface area contributed by atoms with Gasteiger partial charge in [0, 0.05) is 49.7 Å². The van der Waals surface area contributed by atoms with Crippen molar-refractivity contribution in [3.63, 3.8) is 0 Å². The molecule has 0 aromatic carbocycles. The van der Waals surface area contributed by atoms with E-state index in [9.17, 15) is 0 Å². The predicted octanol–water partition coefficient (Wildman–Crippen LogP) is 1.02. The van der Waals surface area contributed by atoms with Crippen LogP contribution >= 0.6 is 0 Å². The number of hydrogen-bond acceptors (Lipinski definition) is 6. The molecule has 3 heterocycles. The topological polar surface area (TPSA) is 79.0 Å². The molecular formula is C13H18N6O. The van der Waals surface area contributed by atoms with Gasteiger partial charge in [-0.2, -0.15) is 4.98 Å². The Morgan fingerprint density at radius 1 is 1.10 bits per heavy atom. The fraction of sp³-hybridized carbons (Fsp3) is 0.462. The molecule has 1 saturated heterocycles. The molecule has 3 rings (SSSR count). The van der Waals surface area contributed by atoms with Crippen molar-refractivity contribution in [3.8, 4) is 11.8 Å². The van der Waals surface area contributed by atoms with E-state index < -0.39 is 0 Å². The molecule has 0 unspecified atom stereocenters. The molecule has 0 spiro atoms. The second-order valence-corrected chi connectivity index (χ2v) is 4.88. The average molecular weight is 274 g/mol. The van der Waals surface area contributed by atoms with Crippen molar-refractivity contribution in [3.05, 3.63) is 23.5 Å². The molecule has 1 aliphatic heterocycles. The van der Waals surface area contributed by atoms with Crippen molar-refractivity contribution in [2.75, 3.05) is 31.1 Å². The van der Waals surface area contributed by atoms with Gasteiger partial charge in [0.2, 0.25) is 17.7 Å². The third-order valence-electron chi connectivity index (χ3n) is 3.11. The summed E-state index contributed by atoms with van der Waals surface area (Å²) in [6, 6.07) is 3.65. The van der Waals surface area contributed by atoms with E-state index in [1.165, 1.54) is 0 Å². The number of aromatic amines is 1. The van der Waals surface area contributed by atoms with Gasteiger partial charge < -0.3 is 15.0 Å². The lowest BCUT2D eigenvalue weighted by Gasteiger charge is -2.27. The second-order valence-electron chi connectivity index (χ2n) is 4.88. The lowest BCUT2D eigenvalue weighted by molar-refractivity contribution is 0.440. The van der Waals surface area contributed by atoms with Gasteiger partial charge >= 0.3 is 0 Å². The maximum Gasteiger partial charge on any atom is 0.240 e. The van der Waals surface area contributed by atoms with Gasteiger partial charge in [-0.25, -0.2) is 4.98 Å². The van der Waals surface area contributed by atoms with Gasteiger partial charge in [-0.15, -0.1) is 5.10 Å².